The number of nitrogens with two attached hydrogens (primary N) is 1. The van der Waals surface area contributed by atoms with Gasteiger partial charge in [-0.25, -0.2) is 4.68 Å². The van der Waals surface area contributed by atoms with E-state index in [1.165, 1.54) is 4.88 Å². The molecule has 0 radical (unpaired) electrons. The van der Waals surface area contributed by atoms with Crippen LogP contribution in [-0.2, 0) is 0 Å². The van der Waals surface area contributed by atoms with Crippen molar-refractivity contribution in [2.75, 3.05) is 25.0 Å². The molecule has 96 valence electrons. The van der Waals surface area contributed by atoms with Crippen LogP contribution in [0.4, 0.5) is 5.82 Å². The Morgan fingerprint density at radius 2 is 2.44 bits per heavy atom. The molecule has 0 bridgehead atoms. The van der Waals surface area contributed by atoms with Crippen molar-refractivity contribution in [1.29, 1.82) is 0 Å². The lowest BCUT2D eigenvalue weighted by molar-refractivity contribution is 0.321. The van der Waals surface area contributed by atoms with Gasteiger partial charge in [0.05, 0.1) is 18.3 Å². The van der Waals surface area contributed by atoms with Crippen LogP contribution in [-0.4, -0.2) is 29.4 Å². The first-order chi connectivity index (χ1) is 8.84. The van der Waals surface area contributed by atoms with Gasteiger partial charge in [0, 0.05) is 30.6 Å². The average molecular weight is 263 g/mol. The van der Waals surface area contributed by atoms with E-state index in [0.29, 0.717) is 6.04 Å². The van der Waals surface area contributed by atoms with Gasteiger partial charge in [0.15, 0.2) is 0 Å². The maximum absolute atomic E-state index is 6.13. The van der Waals surface area contributed by atoms with Gasteiger partial charge in [-0.2, -0.15) is 5.10 Å². The lowest BCUT2D eigenvalue weighted by atomic mass is 10.2. The molecule has 1 aliphatic heterocycles. The Labute approximate surface area is 110 Å². The fraction of sp³-hybridized carbons (Fsp3) is 0.417. The SMILES string of the molecule is NC(CNc1ccnn1C1CNC1)c1cccs1. The quantitative estimate of drug-likeness (QED) is 0.758. The molecule has 1 unspecified atom stereocenters. The monoisotopic (exact) mass is 263 g/mol. The smallest absolute Gasteiger partial charge is 0.124 e. The lowest BCUT2D eigenvalue weighted by Crippen LogP contribution is -2.44. The Morgan fingerprint density at radius 3 is 3.11 bits per heavy atom. The number of anilines is 1. The molecule has 18 heavy (non-hydrogen) atoms. The van der Waals surface area contributed by atoms with E-state index in [4.69, 9.17) is 5.73 Å². The average Bonchev–Trinajstić information content (AvgIpc) is 2.95. The minimum Gasteiger partial charge on any atom is -0.368 e. The number of hydrogen-bond acceptors (Lipinski definition) is 5. The zero-order valence-electron chi connectivity index (χ0n) is 10.0. The Kier molecular flexibility index (Phi) is 3.31. The third-order valence-corrected chi connectivity index (χ3v) is 4.19. The molecule has 0 saturated carbocycles. The number of nitrogens with one attached hydrogen (secondary N) is 2. The molecular weight excluding hydrogens is 246 g/mol. The minimum atomic E-state index is 0.0351. The predicted molar refractivity (Wildman–Crippen MR) is 73.9 cm³/mol. The van der Waals surface area contributed by atoms with Crippen LogP contribution in [0.15, 0.2) is 29.8 Å². The van der Waals surface area contributed by atoms with E-state index in [-0.39, 0.29) is 6.04 Å². The summed E-state index contributed by atoms with van der Waals surface area (Å²) < 4.78 is 2.04. The molecule has 1 saturated heterocycles. The van der Waals surface area contributed by atoms with Crippen LogP contribution in [0, 0.1) is 0 Å². The number of nitrogens with zero attached hydrogens (tertiary/aromatic N) is 2. The second kappa shape index (κ2) is 5.09. The van der Waals surface area contributed by atoms with E-state index in [1.54, 1.807) is 11.3 Å². The van der Waals surface area contributed by atoms with Crippen LogP contribution in [0.25, 0.3) is 0 Å². The molecule has 5 nitrogen and oxygen atoms in total. The van der Waals surface area contributed by atoms with E-state index in [1.807, 2.05) is 23.0 Å². The van der Waals surface area contributed by atoms with Crippen LogP contribution < -0.4 is 16.4 Å². The fourth-order valence-electron chi connectivity index (χ4n) is 2.01. The summed E-state index contributed by atoms with van der Waals surface area (Å²) in [5, 5.41) is 13.0. The van der Waals surface area contributed by atoms with Crippen LogP contribution >= 0.6 is 11.3 Å². The van der Waals surface area contributed by atoms with Gasteiger partial charge in [0.25, 0.3) is 0 Å². The Hall–Kier alpha value is -1.37. The Bertz CT molecular complexity index is 488. The molecular formula is C12H17N5S. The molecule has 0 amide bonds. The number of thiophene rings is 1. The van der Waals surface area contributed by atoms with Gasteiger partial charge in [-0.1, -0.05) is 6.07 Å². The molecule has 1 fully saturated rings. The summed E-state index contributed by atoms with van der Waals surface area (Å²) in [6.07, 6.45) is 1.83. The first-order valence-corrected chi connectivity index (χ1v) is 6.99. The summed E-state index contributed by atoms with van der Waals surface area (Å²) in [6, 6.07) is 6.61. The number of aromatic nitrogens is 2. The summed E-state index contributed by atoms with van der Waals surface area (Å²) in [5.41, 5.74) is 6.13. The van der Waals surface area contributed by atoms with Gasteiger partial charge in [-0.3, -0.25) is 0 Å². The Balaban J connectivity index is 1.61. The van der Waals surface area contributed by atoms with E-state index in [2.05, 4.69) is 27.2 Å². The summed E-state index contributed by atoms with van der Waals surface area (Å²) in [4.78, 5) is 1.21. The highest BCUT2D eigenvalue weighted by Crippen LogP contribution is 2.20. The standard InChI is InChI=1S/C12H17N5S/c13-10(11-2-1-5-18-11)8-15-12-3-4-16-17(12)9-6-14-7-9/h1-5,9-10,14-15H,6-8,13H2. The zero-order chi connectivity index (χ0) is 12.4. The van der Waals surface area contributed by atoms with Gasteiger partial charge in [0.2, 0.25) is 0 Å². The normalized spacial score (nSPS) is 17.4. The minimum absolute atomic E-state index is 0.0351. The van der Waals surface area contributed by atoms with E-state index >= 15 is 0 Å². The van der Waals surface area contributed by atoms with Crippen molar-refractivity contribution in [3.8, 4) is 0 Å². The molecule has 2 aromatic heterocycles. The van der Waals surface area contributed by atoms with E-state index in [9.17, 15) is 0 Å². The molecule has 1 aliphatic rings. The van der Waals surface area contributed by atoms with Crippen molar-refractivity contribution < 1.29 is 0 Å². The summed E-state index contributed by atoms with van der Waals surface area (Å²) in [6.45, 7) is 2.72. The lowest BCUT2D eigenvalue weighted by Gasteiger charge is -2.29. The topological polar surface area (TPSA) is 67.9 Å². The highest BCUT2D eigenvalue weighted by Gasteiger charge is 2.21. The second-order valence-corrected chi connectivity index (χ2v) is 5.46. The van der Waals surface area contributed by atoms with Gasteiger partial charge >= 0.3 is 0 Å². The molecule has 3 rings (SSSR count). The molecule has 0 aliphatic carbocycles. The van der Waals surface area contributed by atoms with Crippen molar-refractivity contribution >= 4 is 17.2 Å². The molecule has 3 heterocycles. The zero-order valence-corrected chi connectivity index (χ0v) is 10.9. The highest BCUT2D eigenvalue weighted by atomic mass is 32.1. The van der Waals surface area contributed by atoms with Gasteiger partial charge in [-0.05, 0) is 11.4 Å². The summed E-state index contributed by atoms with van der Waals surface area (Å²) in [5.74, 6) is 1.05. The third kappa shape index (κ3) is 2.27. The number of hydrogen-bond donors (Lipinski definition) is 3. The van der Waals surface area contributed by atoms with Crippen molar-refractivity contribution in [3.63, 3.8) is 0 Å². The van der Waals surface area contributed by atoms with Crippen LogP contribution in [0.5, 0.6) is 0 Å². The fourth-order valence-corrected chi connectivity index (χ4v) is 2.74. The summed E-state index contributed by atoms with van der Waals surface area (Å²) in [7, 11) is 0. The molecule has 2 aromatic rings. The second-order valence-electron chi connectivity index (χ2n) is 4.48. The Morgan fingerprint density at radius 1 is 1.56 bits per heavy atom. The van der Waals surface area contributed by atoms with Crippen molar-refractivity contribution in [1.82, 2.24) is 15.1 Å². The van der Waals surface area contributed by atoms with Crippen LogP contribution in [0.3, 0.4) is 0 Å². The largest absolute Gasteiger partial charge is 0.368 e. The molecule has 0 aromatic carbocycles. The van der Waals surface area contributed by atoms with Crippen LogP contribution in [0.2, 0.25) is 0 Å². The maximum Gasteiger partial charge on any atom is 0.124 e. The van der Waals surface area contributed by atoms with Crippen molar-refractivity contribution in [2.45, 2.75) is 12.1 Å². The molecule has 4 N–H and O–H groups in total. The molecule has 1 atom stereocenters. The highest BCUT2D eigenvalue weighted by molar-refractivity contribution is 7.10. The number of rotatable bonds is 5. The van der Waals surface area contributed by atoms with Crippen molar-refractivity contribution in [3.05, 3.63) is 34.7 Å². The maximum atomic E-state index is 6.13. The van der Waals surface area contributed by atoms with E-state index < -0.39 is 0 Å². The van der Waals surface area contributed by atoms with E-state index in [0.717, 1.165) is 25.5 Å². The van der Waals surface area contributed by atoms with Gasteiger partial charge in [0.1, 0.15) is 5.82 Å². The van der Waals surface area contributed by atoms with Gasteiger partial charge in [-0.15, -0.1) is 11.3 Å². The van der Waals surface area contributed by atoms with Crippen molar-refractivity contribution in [2.24, 2.45) is 5.73 Å². The third-order valence-electron chi connectivity index (χ3n) is 3.19. The first-order valence-electron chi connectivity index (χ1n) is 6.11. The molecule has 0 spiro atoms. The van der Waals surface area contributed by atoms with Gasteiger partial charge < -0.3 is 16.4 Å². The predicted octanol–water partition coefficient (Wildman–Crippen LogP) is 1.20. The first kappa shape index (κ1) is 11.7. The molecule has 6 heteroatoms. The van der Waals surface area contributed by atoms with Crippen LogP contribution in [0.1, 0.15) is 17.0 Å². The summed E-state index contributed by atoms with van der Waals surface area (Å²) >= 11 is 1.70.